The first-order valence-electron chi connectivity index (χ1n) is 11.0. The number of carbonyl (C=O) groups excluding carboxylic acids is 1. The zero-order valence-electron chi connectivity index (χ0n) is 18.9. The van der Waals surface area contributed by atoms with Crippen LogP contribution >= 0.6 is 23.1 Å². The summed E-state index contributed by atoms with van der Waals surface area (Å²) in [7, 11) is 0. The summed E-state index contributed by atoms with van der Waals surface area (Å²) >= 11 is 3.15. The average molecular weight is 465 g/mol. The summed E-state index contributed by atoms with van der Waals surface area (Å²) in [4.78, 5) is 12.8. The van der Waals surface area contributed by atoms with Gasteiger partial charge in [-0.3, -0.25) is 9.36 Å². The minimum absolute atomic E-state index is 0.0218. The smallest absolute Gasteiger partial charge is 0.234 e. The molecule has 0 radical (unpaired) electrons. The maximum absolute atomic E-state index is 12.8. The molecule has 166 valence electrons. The van der Waals surface area contributed by atoms with Gasteiger partial charge in [0.05, 0.1) is 5.75 Å². The highest BCUT2D eigenvalue weighted by Gasteiger charge is 2.20. The van der Waals surface area contributed by atoms with Crippen LogP contribution in [-0.4, -0.2) is 26.4 Å². The van der Waals surface area contributed by atoms with Crippen molar-refractivity contribution in [2.75, 3.05) is 11.1 Å². The Labute approximate surface area is 197 Å². The van der Waals surface area contributed by atoms with Gasteiger partial charge in [-0.05, 0) is 43.9 Å². The summed E-state index contributed by atoms with van der Waals surface area (Å²) in [6, 6.07) is 14.7. The van der Waals surface area contributed by atoms with Gasteiger partial charge < -0.3 is 5.32 Å². The third-order valence-corrected chi connectivity index (χ3v) is 7.40. The maximum Gasteiger partial charge on any atom is 0.234 e. The summed E-state index contributed by atoms with van der Waals surface area (Å²) in [5, 5.41) is 16.2. The fourth-order valence-corrected chi connectivity index (χ4v) is 5.69. The Morgan fingerprint density at radius 3 is 2.47 bits per heavy atom. The number of hydrogen-bond donors (Lipinski definition) is 1. The summed E-state index contributed by atoms with van der Waals surface area (Å²) < 4.78 is 3.36. The monoisotopic (exact) mass is 464 g/mol. The number of carbonyl (C=O) groups is 1. The molecule has 0 aliphatic heterocycles. The highest BCUT2D eigenvalue weighted by Crippen LogP contribution is 2.36. The van der Waals surface area contributed by atoms with Crippen LogP contribution in [0, 0.1) is 0 Å². The van der Waals surface area contributed by atoms with Crippen molar-refractivity contribution >= 4 is 44.8 Å². The normalized spacial score (nSPS) is 11.4. The molecule has 2 aromatic carbocycles. The maximum atomic E-state index is 12.8. The van der Waals surface area contributed by atoms with E-state index < -0.39 is 0 Å². The molecular weight excluding hydrogens is 436 g/mol. The van der Waals surface area contributed by atoms with E-state index >= 15 is 0 Å². The van der Waals surface area contributed by atoms with E-state index in [-0.39, 0.29) is 17.7 Å². The van der Waals surface area contributed by atoms with E-state index in [4.69, 9.17) is 0 Å². The third kappa shape index (κ3) is 4.45. The first-order valence-corrected chi connectivity index (χ1v) is 12.8. The van der Waals surface area contributed by atoms with E-state index in [1.54, 1.807) is 11.3 Å². The molecule has 4 aromatic rings. The summed E-state index contributed by atoms with van der Waals surface area (Å²) in [5.41, 5.74) is 4.38. The highest BCUT2D eigenvalue weighted by atomic mass is 32.2. The van der Waals surface area contributed by atoms with Crippen LogP contribution in [0.2, 0.25) is 0 Å². The van der Waals surface area contributed by atoms with Crippen molar-refractivity contribution in [2.24, 2.45) is 0 Å². The number of rotatable bonds is 8. The highest BCUT2D eigenvalue weighted by molar-refractivity contribution is 7.99. The molecule has 2 heterocycles. The van der Waals surface area contributed by atoms with Crippen molar-refractivity contribution in [3.05, 3.63) is 59.0 Å². The number of benzene rings is 2. The molecule has 0 saturated carbocycles. The number of anilines is 1. The molecule has 0 aliphatic rings. The lowest BCUT2D eigenvalue weighted by Gasteiger charge is -2.15. The molecular formula is C25H28N4OS2. The first-order chi connectivity index (χ1) is 15.5. The Bertz CT molecular complexity index is 1220. The number of aromatic nitrogens is 3. The second-order valence-corrected chi connectivity index (χ2v) is 9.76. The Balaban J connectivity index is 1.55. The number of nitrogens with zero attached hydrogens (tertiary/aromatic N) is 3. The van der Waals surface area contributed by atoms with Crippen LogP contribution in [-0.2, 0) is 17.6 Å². The van der Waals surface area contributed by atoms with E-state index in [0.29, 0.717) is 0 Å². The fraction of sp³-hybridized carbons (Fsp3) is 0.320. The fourth-order valence-electron chi connectivity index (χ4n) is 3.88. The van der Waals surface area contributed by atoms with Gasteiger partial charge in [0.25, 0.3) is 0 Å². The van der Waals surface area contributed by atoms with Crippen molar-refractivity contribution in [2.45, 2.75) is 51.7 Å². The van der Waals surface area contributed by atoms with Gasteiger partial charge in [0, 0.05) is 32.8 Å². The van der Waals surface area contributed by atoms with E-state index in [1.807, 2.05) is 6.07 Å². The predicted molar refractivity (Wildman–Crippen MR) is 136 cm³/mol. The predicted octanol–water partition coefficient (Wildman–Crippen LogP) is 6.60. The van der Waals surface area contributed by atoms with Crippen molar-refractivity contribution in [1.29, 1.82) is 0 Å². The van der Waals surface area contributed by atoms with Gasteiger partial charge in [0.2, 0.25) is 5.91 Å². The van der Waals surface area contributed by atoms with Gasteiger partial charge in [0.1, 0.15) is 0 Å². The number of amides is 1. The van der Waals surface area contributed by atoms with Gasteiger partial charge in [0.15, 0.2) is 11.0 Å². The summed E-state index contributed by atoms with van der Waals surface area (Å²) in [5.74, 6) is 1.12. The topological polar surface area (TPSA) is 59.8 Å². The van der Waals surface area contributed by atoms with E-state index in [0.717, 1.165) is 35.1 Å². The molecule has 2 aromatic heterocycles. The number of aryl methyl sites for hydroxylation is 2. The zero-order valence-corrected chi connectivity index (χ0v) is 20.5. The standard InChI is InChI=1S/C25H28N4OS2/c1-5-17-10-9-11-18(6-2)23(17)26-22(30)15-32-25-28-27-24(29(25)16(3)4)20-14-31-21-13-8-7-12-19(20)21/h7-14,16H,5-6,15H2,1-4H3,(H,26,30). The SMILES string of the molecule is CCc1cccc(CC)c1NC(=O)CSc1nnc(-c2csc3ccccc23)n1C(C)C. The number of para-hydroxylation sites is 1. The lowest BCUT2D eigenvalue weighted by Crippen LogP contribution is -2.17. The van der Waals surface area contributed by atoms with Crippen LogP contribution in [0.25, 0.3) is 21.5 Å². The molecule has 0 saturated heterocycles. The van der Waals surface area contributed by atoms with Gasteiger partial charge >= 0.3 is 0 Å². The average Bonchev–Trinajstić information content (AvgIpc) is 3.41. The Kier molecular flexibility index (Phi) is 6.96. The molecule has 0 unspecified atom stereocenters. The molecule has 32 heavy (non-hydrogen) atoms. The van der Waals surface area contributed by atoms with Crippen molar-refractivity contribution in [3.8, 4) is 11.4 Å². The number of hydrogen-bond acceptors (Lipinski definition) is 5. The molecule has 0 aliphatic carbocycles. The first kappa shape index (κ1) is 22.6. The lowest BCUT2D eigenvalue weighted by atomic mass is 10.0. The van der Waals surface area contributed by atoms with Crippen LogP contribution in [0.1, 0.15) is 44.9 Å². The Hall–Kier alpha value is -2.64. The molecule has 0 atom stereocenters. The minimum Gasteiger partial charge on any atom is -0.325 e. The zero-order chi connectivity index (χ0) is 22.7. The number of thiophene rings is 1. The van der Waals surface area contributed by atoms with Gasteiger partial charge in [-0.25, -0.2) is 0 Å². The molecule has 1 amide bonds. The molecule has 7 heteroatoms. The van der Waals surface area contributed by atoms with Gasteiger partial charge in [-0.15, -0.1) is 21.5 Å². The number of thioether (sulfide) groups is 1. The Morgan fingerprint density at radius 1 is 1.06 bits per heavy atom. The summed E-state index contributed by atoms with van der Waals surface area (Å²) in [6.45, 7) is 8.47. The van der Waals surface area contributed by atoms with Crippen molar-refractivity contribution in [1.82, 2.24) is 14.8 Å². The molecule has 0 spiro atoms. The van der Waals surface area contributed by atoms with E-state index in [2.05, 4.69) is 89.6 Å². The largest absolute Gasteiger partial charge is 0.325 e. The van der Waals surface area contributed by atoms with Crippen molar-refractivity contribution in [3.63, 3.8) is 0 Å². The van der Waals surface area contributed by atoms with Crippen LogP contribution in [0.4, 0.5) is 5.69 Å². The minimum atomic E-state index is -0.0218. The molecule has 0 fully saturated rings. The third-order valence-electron chi connectivity index (χ3n) is 5.50. The molecule has 1 N–H and O–H groups in total. The van der Waals surface area contributed by atoms with E-state index in [1.165, 1.54) is 33.0 Å². The van der Waals surface area contributed by atoms with Crippen LogP contribution in [0.5, 0.6) is 0 Å². The lowest BCUT2D eigenvalue weighted by molar-refractivity contribution is -0.113. The molecule has 0 bridgehead atoms. The van der Waals surface area contributed by atoms with Gasteiger partial charge in [-0.2, -0.15) is 0 Å². The Morgan fingerprint density at radius 2 is 1.78 bits per heavy atom. The second-order valence-electron chi connectivity index (χ2n) is 7.91. The quantitative estimate of drug-likeness (QED) is 0.299. The van der Waals surface area contributed by atoms with Crippen molar-refractivity contribution < 1.29 is 4.79 Å². The second kappa shape index (κ2) is 9.88. The van der Waals surface area contributed by atoms with E-state index in [9.17, 15) is 4.79 Å². The molecule has 4 rings (SSSR count). The summed E-state index contributed by atoms with van der Waals surface area (Å²) in [6.07, 6.45) is 1.77. The van der Waals surface area contributed by atoms with Crippen LogP contribution < -0.4 is 5.32 Å². The van der Waals surface area contributed by atoms with Crippen LogP contribution in [0.15, 0.2) is 53.0 Å². The van der Waals surface area contributed by atoms with Gasteiger partial charge in [-0.1, -0.05) is 62.0 Å². The van der Waals surface area contributed by atoms with Crippen LogP contribution in [0.3, 0.4) is 0 Å². The number of fused-ring (bicyclic) bond motifs is 1. The number of nitrogens with one attached hydrogen (secondary N) is 1. The molecule has 5 nitrogen and oxygen atoms in total.